The molecule has 144 valence electrons. The van der Waals surface area contributed by atoms with Crippen molar-refractivity contribution < 1.29 is 40.7 Å². The zero-order valence-corrected chi connectivity index (χ0v) is 13.3. The topological polar surface area (TPSA) is 46.6 Å². The third kappa shape index (κ3) is 4.89. The van der Waals surface area contributed by atoms with E-state index in [9.17, 15) is 35.9 Å². The third-order valence-corrected chi connectivity index (χ3v) is 3.96. The third-order valence-electron chi connectivity index (χ3n) is 3.96. The Labute approximate surface area is 144 Å². The number of halogens is 6. The molecule has 1 aromatic carbocycles. The second-order valence-electron chi connectivity index (χ2n) is 5.82. The van der Waals surface area contributed by atoms with E-state index in [1.807, 2.05) is 0 Å². The Balaban J connectivity index is 2.31. The number of hydrogen-bond acceptors (Lipinski definition) is 3. The zero-order chi connectivity index (χ0) is 19.5. The predicted octanol–water partition coefficient (Wildman–Crippen LogP) is 3.78. The number of carbonyl (C=O) groups excluding carboxylic acids is 2. The van der Waals surface area contributed by atoms with E-state index < -0.39 is 49.3 Å². The van der Waals surface area contributed by atoms with Gasteiger partial charge in [0.2, 0.25) is 0 Å². The Morgan fingerprint density at radius 2 is 1.65 bits per heavy atom. The first-order valence-corrected chi connectivity index (χ1v) is 7.68. The number of amides is 1. The van der Waals surface area contributed by atoms with Gasteiger partial charge in [0.1, 0.15) is 6.04 Å². The van der Waals surface area contributed by atoms with Crippen LogP contribution < -0.4 is 0 Å². The molecule has 26 heavy (non-hydrogen) atoms. The molecule has 1 heterocycles. The van der Waals surface area contributed by atoms with E-state index in [1.165, 1.54) is 12.1 Å². The van der Waals surface area contributed by atoms with E-state index in [-0.39, 0.29) is 12.8 Å². The van der Waals surface area contributed by atoms with E-state index in [1.54, 1.807) is 18.2 Å². The molecule has 0 aliphatic carbocycles. The van der Waals surface area contributed by atoms with Crippen molar-refractivity contribution in [3.05, 3.63) is 35.9 Å². The lowest BCUT2D eigenvalue weighted by atomic mass is 9.90. The summed E-state index contributed by atoms with van der Waals surface area (Å²) in [5.41, 5.74) is 0.360. The van der Waals surface area contributed by atoms with Crippen molar-refractivity contribution in [1.82, 2.24) is 4.90 Å². The molecule has 0 N–H and O–H groups in total. The van der Waals surface area contributed by atoms with Crippen molar-refractivity contribution in [2.24, 2.45) is 0 Å². The number of nitrogens with zero attached hydrogens (tertiary/aromatic N) is 1. The number of esters is 1. The highest BCUT2D eigenvalue weighted by molar-refractivity contribution is 6.32. The first-order chi connectivity index (χ1) is 12.0. The lowest BCUT2D eigenvalue weighted by Gasteiger charge is -2.42. The van der Waals surface area contributed by atoms with E-state index in [4.69, 9.17) is 0 Å². The number of hydrogen-bond donors (Lipinski definition) is 0. The van der Waals surface area contributed by atoms with Gasteiger partial charge < -0.3 is 9.64 Å². The summed E-state index contributed by atoms with van der Waals surface area (Å²) in [4.78, 5) is 24.2. The molecule has 1 aliphatic rings. The molecule has 1 aliphatic heterocycles. The van der Waals surface area contributed by atoms with Gasteiger partial charge in [-0.05, 0) is 24.8 Å². The second-order valence-corrected chi connectivity index (χ2v) is 5.82. The molecule has 4 nitrogen and oxygen atoms in total. The predicted molar refractivity (Wildman–Crippen MR) is 76.7 cm³/mol. The van der Waals surface area contributed by atoms with Gasteiger partial charge in [0.05, 0.1) is 6.04 Å². The molecular weight excluding hydrogens is 368 g/mol. The quantitative estimate of drug-likeness (QED) is 0.444. The molecule has 10 heteroatoms. The summed E-state index contributed by atoms with van der Waals surface area (Å²) in [7, 11) is 0. The van der Waals surface area contributed by atoms with Crippen molar-refractivity contribution >= 4 is 11.9 Å². The summed E-state index contributed by atoms with van der Waals surface area (Å²) in [6.45, 7) is -2.04. The lowest BCUT2D eigenvalue weighted by molar-refractivity contribution is -0.210. The van der Waals surface area contributed by atoms with E-state index in [0.717, 1.165) is 0 Å². The first-order valence-electron chi connectivity index (χ1n) is 7.68. The fourth-order valence-corrected chi connectivity index (χ4v) is 2.92. The number of benzene rings is 1. The smallest absolute Gasteiger partial charge is 0.422 e. The van der Waals surface area contributed by atoms with Crippen LogP contribution >= 0.6 is 0 Å². The summed E-state index contributed by atoms with van der Waals surface area (Å²) >= 11 is 0. The van der Waals surface area contributed by atoms with Gasteiger partial charge >= 0.3 is 24.2 Å². The number of likely N-dealkylation sites (tertiary alicyclic amines) is 1. The van der Waals surface area contributed by atoms with Gasteiger partial charge in [-0.3, -0.25) is 4.79 Å². The van der Waals surface area contributed by atoms with Crippen LogP contribution in [0.5, 0.6) is 0 Å². The van der Waals surface area contributed by atoms with Crippen LogP contribution in [0.1, 0.15) is 30.9 Å². The van der Waals surface area contributed by atoms with Gasteiger partial charge in [0.25, 0.3) is 0 Å². The maximum absolute atomic E-state index is 13.4. The molecule has 0 saturated carbocycles. The highest BCUT2D eigenvalue weighted by Gasteiger charge is 2.51. The van der Waals surface area contributed by atoms with Gasteiger partial charge in [0, 0.05) is 0 Å². The molecule has 2 rings (SSSR count). The average Bonchev–Trinajstić information content (AvgIpc) is 2.57. The van der Waals surface area contributed by atoms with E-state index in [0.29, 0.717) is 10.5 Å². The van der Waals surface area contributed by atoms with E-state index >= 15 is 0 Å². The van der Waals surface area contributed by atoms with Crippen LogP contribution in [0.2, 0.25) is 0 Å². The second kappa shape index (κ2) is 7.55. The van der Waals surface area contributed by atoms with Crippen molar-refractivity contribution in [1.29, 1.82) is 0 Å². The van der Waals surface area contributed by atoms with Gasteiger partial charge in [-0.25, -0.2) is 4.79 Å². The minimum Gasteiger partial charge on any atom is -0.449 e. The summed E-state index contributed by atoms with van der Waals surface area (Å²) in [6, 6.07) is 4.36. The van der Waals surface area contributed by atoms with Gasteiger partial charge in [-0.2, -0.15) is 26.3 Å². The number of carbonyl (C=O) groups is 2. The van der Waals surface area contributed by atoms with Gasteiger partial charge in [0.15, 0.2) is 6.61 Å². The maximum atomic E-state index is 13.4. The molecular formula is C16H15F6NO3. The summed E-state index contributed by atoms with van der Waals surface area (Å²) in [5, 5.41) is 0. The highest BCUT2D eigenvalue weighted by atomic mass is 19.4. The van der Waals surface area contributed by atoms with Crippen LogP contribution in [0.4, 0.5) is 26.3 Å². The normalized spacial score (nSPS) is 21.4. The Morgan fingerprint density at radius 1 is 1.04 bits per heavy atom. The number of ether oxygens (including phenoxy) is 1. The van der Waals surface area contributed by atoms with Crippen LogP contribution in [0.15, 0.2) is 30.3 Å². The molecule has 0 aromatic heterocycles. The van der Waals surface area contributed by atoms with Crippen LogP contribution in [0.3, 0.4) is 0 Å². The number of piperidine rings is 1. The van der Waals surface area contributed by atoms with Crippen LogP contribution in [-0.4, -0.2) is 41.8 Å². The standard InChI is InChI=1S/C16H15F6NO3/c17-15(18,19)9-26-14(25)13(24)23-11(10-5-2-1-3-6-10)7-4-8-12(23)16(20,21)22/h1-3,5-6,11-12H,4,7-9H2/t11-,12+/m1/s1. The van der Waals surface area contributed by atoms with Crippen molar-refractivity contribution in [2.75, 3.05) is 6.61 Å². The van der Waals surface area contributed by atoms with Crippen LogP contribution in [0, 0.1) is 0 Å². The van der Waals surface area contributed by atoms with E-state index in [2.05, 4.69) is 4.74 Å². The fraction of sp³-hybridized carbons (Fsp3) is 0.500. The Bertz CT molecular complexity index is 644. The minimum atomic E-state index is -4.89. The summed E-state index contributed by atoms with van der Waals surface area (Å²) in [5.74, 6) is -3.69. The highest BCUT2D eigenvalue weighted by Crippen LogP contribution is 2.41. The molecule has 2 atom stereocenters. The molecule has 1 aromatic rings. The first kappa shape index (κ1) is 20.1. The van der Waals surface area contributed by atoms with Gasteiger partial charge in [-0.15, -0.1) is 0 Å². The van der Waals surface area contributed by atoms with Crippen molar-refractivity contribution in [3.63, 3.8) is 0 Å². The van der Waals surface area contributed by atoms with Gasteiger partial charge in [-0.1, -0.05) is 30.3 Å². The fourth-order valence-electron chi connectivity index (χ4n) is 2.92. The molecule has 1 amide bonds. The Kier molecular flexibility index (Phi) is 5.82. The maximum Gasteiger partial charge on any atom is 0.422 e. The van der Waals surface area contributed by atoms with Crippen molar-refractivity contribution in [2.45, 2.75) is 43.7 Å². The number of alkyl halides is 6. The van der Waals surface area contributed by atoms with Crippen LogP contribution in [0.25, 0.3) is 0 Å². The summed E-state index contributed by atoms with van der Waals surface area (Å²) < 4.78 is 80.3. The Hall–Kier alpha value is -2.26. The SMILES string of the molecule is O=C(OCC(F)(F)F)C(=O)N1[C@@H](c2ccccc2)CCC[C@H]1C(F)(F)F. The molecule has 0 radical (unpaired) electrons. The lowest BCUT2D eigenvalue weighted by Crippen LogP contribution is -2.55. The van der Waals surface area contributed by atoms with Crippen LogP contribution in [-0.2, 0) is 14.3 Å². The monoisotopic (exact) mass is 383 g/mol. The number of rotatable bonds is 2. The molecule has 1 saturated heterocycles. The molecule has 0 spiro atoms. The largest absolute Gasteiger partial charge is 0.449 e. The summed E-state index contributed by atoms with van der Waals surface area (Å²) in [6.07, 6.45) is -9.86. The zero-order valence-electron chi connectivity index (χ0n) is 13.3. The van der Waals surface area contributed by atoms with Crippen molar-refractivity contribution in [3.8, 4) is 0 Å². The molecule has 1 fully saturated rings. The minimum absolute atomic E-state index is 0.144. The average molecular weight is 383 g/mol. The Morgan fingerprint density at radius 3 is 2.19 bits per heavy atom. The molecule has 0 unspecified atom stereocenters. The molecule has 0 bridgehead atoms.